The van der Waals surface area contributed by atoms with Gasteiger partial charge in [0.25, 0.3) is 0 Å². The van der Waals surface area contributed by atoms with Crippen LogP contribution in [-0.4, -0.2) is 31.4 Å². The Kier molecular flexibility index (Phi) is 6.41. The summed E-state index contributed by atoms with van der Waals surface area (Å²) in [6.07, 6.45) is 9.76. The topological polar surface area (TPSA) is 98.1 Å². The van der Waals surface area contributed by atoms with Gasteiger partial charge in [0.15, 0.2) is 0 Å². The monoisotopic (exact) mass is 357 g/mol. The largest absolute Gasteiger partial charge is 0.394 e. The van der Waals surface area contributed by atoms with Gasteiger partial charge >= 0.3 is 13.5 Å². The average molecular weight is 357 g/mol. The Morgan fingerprint density at radius 2 is 1.14 bits per heavy atom. The van der Waals surface area contributed by atoms with E-state index in [4.69, 9.17) is 9.79 Å². The lowest BCUT2D eigenvalue weighted by Crippen LogP contribution is -2.42. The molecule has 0 saturated heterocycles. The highest BCUT2D eigenvalue weighted by atomic mass is 33.1. The van der Waals surface area contributed by atoms with E-state index in [0.29, 0.717) is 0 Å². The van der Waals surface area contributed by atoms with Crippen molar-refractivity contribution in [2.45, 2.75) is 76.3 Å². The Labute approximate surface area is 129 Å². The van der Waals surface area contributed by atoms with Crippen molar-refractivity contribution in [3.8, 4) is 0 Å². The molecule has 2 aliphatic rings. The predicted octanol–water partition coefficient (Wildman–Crippen LogP) is 3.88. The van der Waals surface area contributed by atoms with Crippen LogP contribution in [-0.2, 0) is 9.13 Å². The highest BCUT2D eigenvalue weighted by Crippen LogP contribution is 2.75. The van der Waals surface area contributed by atoms with Crippen molar-refractivity contribution in [2.75, 3.05) is 0 Å². The molecule has 1 unspecified atom stereocenters. The molecule has 3 N–H and O–H groups in total. The quantitative estimate of drug-likeness (QED) is 0.642. The van der Waals surface area contributed by atoms with E-state index in [9.17, 15) is 14.0 Å². The zero-order valence-electron chi connectivity index (χ0n) is 12.1. The van der Waals surface area contributed by atoms with Crippen LogP contribution in [0, 0.1) is 0 Å². The molecule has 0 spiro atoms. The highest BCUT2D eigenvalue weighted by Gasteiger charge is 2.44. The number of rotatable bonds is 5. The maximum atomic E-state index is 12.7. The summed E-state index contributed by atoms with van der Waals surface area (Å²) < 4.78 is 25.5. The molecule has 0 aromatic rings. The lowest BCUT2D eigenvalue weighted by atomic mass is 9.91. The van der Waals surface area contributed by atoms with E-state index in [-0.39, 0.29) is 23.1 Å². The van der Waals surface area contributed by atoms with Crippen LogP contribution >= 0.6 is 24.5 Å². The molecular formula is C12H25NO5P2S. The van der Waals surface area contributed by atoms with E-state index in [0.717, 1.165) is 64.2 Å². The molecule has 0 heterocycles. The molecule has 21 heavy (non-hydrogen) atoms. The van der Waals surface area contributed by atoms with Gasteiger partial charge in [0.2, 0.25) is 0 Å². The normalized spacial score (nSPS) is 25.9. The maximum absolute atomic E-state index is 12.7. The molecule has 0 bridgehead atoms. The molecule has 2 rings (SSSR count). The summed E-state index contributed by atoms with van der Waals surface area (Å²) in [5.74, 6) is 0. The third-order valence-corrected chi connectivity index (χ3v) is 11.7. The SMILES string of the molecule is O=P(O)(O)SP(=O)(O)N(C1CCCCC1)C1CCCCC1. The van der Waals surface area contributed by atoms with Crippen LogP contribution in [0.15, 0.2) is 0 Å². The summed E-state index contributed by atoms with van der Waals surface area (Å²) in [5, 5.41) is 0. The van der Waals surface area contributed by atoms with Crippen LogP contribution in [0.5, 0.6) is 0 Å². The van der Waals surface area contributed by atoms with Crippen molar-refractivity contribution in [1.29, 1.82) is 0 Å². The van der Waals surface area contributed by atoms with Crippen LogP contribution in [0.1, 0.15) is 64.2 Å². The van der Waals surface area contributed by atoms with Crippen molar-refractivity contribution < 1.29 is 23.8 Å². The molecule has 0 amide bonds. The summed E-state index contributed by atoms with van der Waals surface area (Å²) in [7, 11) is 0. The van der Waals surface area contributed by atoms with E-state index in [2.05, 4.69) is 0 Å². The zero-order valence-corrected chi connectivity index (χ0v) is 14.7. The molecule has 6 nitrogen and oxygen atoms in total. The third-order valence-electron chi connectivity index (χ3n) is 4.40. The molecule has 2 fully saturated rings. The third kappa shape index (κ3) is 5.35. The van der Waals surface area contributed by atoms with Crippen LogP contribution in [0.3, 0.4) is 0 Å². The molecule has 0 aromatic heterocycles. The Balaban J connectivity index is 2.20. The van der Waals surface area contributed by atoms with Crippen molar-refractivity contribution in [1.82, 2.24) is 4.67 Å². The molecule has 0 aliphatic heterocycles. The van der Waals surface area contributed by atoms with Gasteiger partial charge in [0, 0.05) is 12.1 Å². The van der Waals surface area contributed by atoms with Gasteiger partial charge in [-0.1, -0.05) is 38.5 Å². The van der Waals surface area contributed by atoms with Gasteiger partial charge in [-0.15, -0.1) is 0 Å². The fourth-order valence-corrected chi connectivity index (χ4v) is 10.4. The Morgan fingerprint density at radius 1 is 0.762 bits per heavy atom. The minimum Gasteiger partial charge on any atom is -0.325 e. The fraction of sp³-hybridized carbons (Fsp3) is 1.00. The minimum absolute atomic E-state index is 0.0169. The van der Waals surface area contributed by atoms with Crippen LogP contribution in [0.25, 0.3) is 0 Å². The second-order valence-corrected chi connectivity index (χ2v) is 13.4. The molecule has 2 saturated carbocycles. The van der Waals surface area contributed by atoms with E-state index >= 15 is 0 Å². The van der Waals surface area contributed by atoms with Crippen molar-refractivity contribution in [2.24, 2.45) is 0 Å². The van der Waals surface area contributed by atoms with Gasteiger partial charge in [-0.3, -0.25) is 4.57 Å². The lowest BCUT2D eigenvalue weighted by molar-refractivity contribution is 0.157. The zero-order chi connectivity index (χ0) is 15.5. The second kappa shape index (κ2) is 7.48. The van der Waals surface area contributed by atoms with Gasteiger partial charge in [-0.05, 0) is 25.7 Å². The standard InChI is InChI=1S/C12H25NO5P2S/c14-19(15,21-20(16,17)18)13(11-7-3-1-4-8-11)12-9-5-2-6-10-12/h11-12H,1-10H2,(H,14,15)(H2,16,17,18). The van der Waals surface area contributed by atoms with Gasteiger partial charge in [0.1, 0.15) is 0 Å². The van der Waals surface area contributed by atoms with E-state index in [1.807, 2.05) is 0 Å². The molecule has 1 atom stereocenters. The molecule has 0 radical (unpaired) electrons. The van der Waals surface area contributed by atoms with Gasteiger partial charge in [-0.25, -0.2) is 9.24 Å². The number of hydrogen-bond acceptors (Lipinski definition) is 3. The van der Waals surface area contributed by atoms with Crippen LogP contribution in [0.2, 0.25) is 0 Å². The summed E-state index contributed by atoms with van der Waals surface area (Å²) >= 11 is -0.0419. The molecule has 2 aliphatic carbocycles. The van der Waals surface area contributed by atoms with Crippen molar-refractivity contribution in [3.63, 3.8) is 0 Å². The molecule has 0 aromatic carbocycles. The highest BCUT2D eigenvalue weighted by molar-refractivity contribution is 8.84. The average Bonchev–Trinajstić information content (AvgIpc) is 2.38. The molecule has 9 heteroatoms. The second-order valence-electron chi connectivity index (χ2n) is 6.03. The fourth-order valence-electron chi connectivity index (χ4n) is 3.58. The summed E-state index contributed by atoms with van der Waals surface area (Å²) in [5.41, 5.74) is 0. The smallest absolute Gasteiger partial charge is 0.325 e. The number of nitrogens with zero attached hydrogens (tertiary/aromatic N) is 1. The van der Waals surface area contributed by atoms with Gasteiger partial charge in [0.05, 0.1) is 11.0 Å². The van der Waals surface area contributed by atoms with Crippen molar-refractivity contribution >= 4 is 24.5 Å². The summed E-state index contributed by atoms with van der Waals surface area (Å²) in [4.78, 5) is 28.6. The molecule has 124 valence electrons. The Bertz CT molecular complexity index is 413. The van der Waals surface area contributed by atoms with E-state index in [1.54, 1.807) is 4.67 Å². The maximum Gasteiger partial charge on any atom is 0.394 e. The minimum atomic E-state index is -4.58. The summed E-state index contributed by atoms with van der Waals surface area (Å²) in [6.45, 7) is -8.66. The number of hydrogen-bond donors (Lipinski definition) is 3. The van der Waals surface area contributed by atoms with Gasteiger partial charge < -0.3 is 14.7 Å². The first kappa shape index (κ1) is 18.0. The van der Waals surface area contributed by atoms with Gasteiger partial charge in [-0.2, -0.15) is 0 Å². The lowest BCUT2D eigenvalue weighted by Gasteiger charge is -2.42. The van der Waals surface area contributed by atoms with E-state index in [1.165, 1.54) is 0 Å². The van der Waals surface area contributed by atoms with E-state index < -0.39 is 13.5 Å². The first-order chi connectivity index (χ1) is 9.80. The predicted molar refractivity (Wildman–Crippen MR) is 85.0 cm³/mol. The van der Waals surface area contributed by atoms with Crippen LogP contribution < -0.4 is 0 Å². The first-order valence-corrected chi connectivity index (χ1v) is 12.9. The van der Waals surface area contributed by atoms with Crippen LogP contribution in [0.4, 0.5) is 0 Å². The van der Waals surface area contributed by atoms with Crippen molar-refractivity contribution in [3.05, 3.63) is 0 Å². The Morgan fingerprint density at radius 3 is 1.48 bits per heavy atom. The Hall–Kier alpha value is 0.650. The summed E-state index contributed by atoms with van der Waals surface area (Å²) in [6, 6.07) is -0.0338. The molecular weight excluding hydrogens is 332 g/mol. The first-order valence-electron chi connectivity index (χ1n) is 7.68.